The van der Waals surface area contributed by atoms with E-state index in [1.165, 1.54) is 18.4 Å². The Morgan fingerprint density at radius 1 is 1.19 bits per heavy atom. The standard InChI is InChI=1S/C17H26N2O2/c20-17(19-16-9-4-5-10-16)14-21-12-6-11-18-13-15-7-2-1-3-8-15/h1-3,7-8,16,18H,4-6,9-14H2,(H,19,20). The molecule has 1 saturated carbocycles. The second-order valence-corrected chi connectivity index (χ2v) is 5.62. The Morgan fingerprint density at radius 2 is 1.95 bits per heavy atom. The third-order valence-electron chi connectivity index (χ3n) is 3.77. The van der Waals surface area contributed by atoms with Gasteiger partial charge in [-0.2, -0.15) is 0 Å². The molecule has 0 atom stereocenters. The van der Waals surface area contributed by atoms with Crippen LogP contribution in [0.5, 0.6) is 0 Å². The van der Waals surface area contributed by atoms with Crippen molar-refractivity contribution < 1.29 is 9.53 Å². The van der Waals surface area contributed by atoms with Gasteiger partial charge in [-0.3, -0.25) is 4.79 Å². The number of rotatable bonds is 9. The number of hydrogen-bond acceptors (Lipinski definition) is 3. The predicted octanol–water partition coefficient (Wildman–Crippen LogP) is 2.24. The van der Waals surface area contributed by atoms with E-state index in [1.54, 1.807) is 0 Å². The summed E-state index contributed by atoms with van der Waals surface area (Å²) in [6, 6.07) is 10.7. The van der Waals surface area contributed by atoms with Gasteiger partial charge in [0.15, 0.2) is 0 Å². The monoisotopic (exact) mass is 290 g/mol. The van der Waals surface area contributed by atoms with Crippen molar-refractivity contribution >= 4 is 5.91 Å². The zero-order valence-corrected chi connectivity index (χ0v) is 12.6. The van der Waals surface area contributed by atoms with E-state index in [0.29, 0.717) is 12.6 Å². The second kappa shape index (κ2) is 9.53. The Kier molecular flexibility index (Phi) is 7.25. The minimum absolute atomic E-state index is 0.0270. The van der Waals surface area contributed by atoms with Crippen LogP contribution in [0.1, 0.15) is 37.7 Å². The summed E-state index contributed by atoms with van der Waals surface area (Å²) in [5, 5.41) is 6.39. The number of carbonyl (C=O) groups is 1. The summed E-state index contributed by atoms with van der Waals surface area (Å²) >= 11 is 0. The molecule has 1 amide bonds. The van der Waals surface area contributed by atoms with Gasteiger partial charge in [-0.1, -0.05) is 43.2 Å². The van der Waals surface area contributed by atoms with Crippen LogP contribution < -0.4 is 10.6 Å². The lowest BCUT2D eigenvalue weighted by Crippen LogP contribution is -2.35. The van der Waals surface area contributed by atoms with Gasteiger partial charge in [-0.15, -0.1) is 0 Å². The van der Waals surface area contributed by atoms with Crippen molar-refractivity contribution in [3.63, 3.8) is 0 Å². The molecular weight excluding hydrogens is 264 g/mol. The third kappa shape index (κ3) is 6.74. The molecule has 0 saturated heterocycles. The van der Waals surface area contributed by atoms with Crippen molar-refractivity contribution in [2.45, 2.75) is 44.7 Å². The summed E-state index contributed by atoms with van der Waals surface area (Å²) in [6.07, 6.45) is 5.63. The summed E-state index contributed by atoms with van der Waals surface area (Å²) in [4.78, 5) is 11.6. The molecule has 0 heterocycles. The normalized spacial score (nSPS) is 15.2. The molecule has 0 aliphatic heterocycles. The van der Waals surface area contributed by atoms with Gasteiger partial charge in [-0.05, 0) is 31.4 Å². The number of nitrogens with one attached hydrogen (secondary N) is 2. The Morgan fingerprint density at radius 3 is 2.71 bits per heavy atom. The van der Waals surface area contributed by atoms with Crippen molar-refractivity contribution in [3.8, 4) is 0 Å². The van der Waals surface area contributed by atoms with E-state index in [-0.39, 0.29) is 12.5 Å². The Balaban J connectivity index is 1.42. The third-order valence-corrected chi connectivity index (χ3v) is 3.77. The van der Waals surface area contributed by atoms with E-state index in [2.05, 4.69) is 22.8 Å². The molecule has 116 valence electrons. The fourth-order valence-corrected chi connectivity index (χ4v) is 2.63. The first-order valence-corrected chi connectivity index (χ1v) is 7.96. The average molecular weight is 290 g/mol. The highest BCUT2D eigenvalue weighted by atomic mass is 16.5. The first-order valence-electron chi connectivity index (χ1n) is 7.96. The lowest BCUT2D eigenvalue weighted by Gasteiger charge is -2.12. The lowest BCUT2D eigenvalue weighted by molar-refractivity contribution is -0.126. The highest BCUT2D eigenvalue weighted by Crippen LogP contribution is 2.17. The highest BCUT2D eigenvalue weighted by Gasteiger charge is 2.16. The summed E-state index contributed by atoms with van der Waals surface area (Å²) in [5.74, 6) is 0.0270. The SMILES string of the molecule is O=C(COCCCNCc1ccccc1)NC1CCCC1. The quantitative estimate of drug-likeness (QED) is 0.686. The van der Waals surface area contributed by atoms with Gasteiger partial charge in [0.05, 0.1) is 0 Å². The Hall–Kier alpha value is -1.39. The summed E-state index contributed by atoms with van der Waals surface area (Å²) < 4.78 is 5.41. The van der Waals surface area contributed by atoms with Crippen molar-refractivity contribution in [1.82, 2.24) is 10.6 Å². The van der Waals surface area contributed by atoms with Crippen LogP contribution in [0.2, 0.25) is 0 Å². The summed E-state index contributed by atoms with van der Waals surface area (Å²) in [7, 11) is 0. The molecule has 1 fully saturated rings. The molecule has 1 aromatic rings. The fourth-order valence-electron chi connectivity index (χ4n) is 2.63. The number of ether oxygens (including phenoxy) is 1. The molecule has 0 aromatic heterocycles. The molecule has 4 heteroatoms. The van der Waals surface area contributed by atoms with Gasteiger partial charge in [0, 0.05) is 19.2 Å². The Bertz CT molecular complexity index is 403. The molecule has 2 N–H and O–H groups in total. The Labute approximate surface area is 127 Å². The average Bonchev–Trinajstić information content (AvgIpc) is 3.00. The van der Waals surface area contributed by atoms with Crippen LogP contribution in [-0.4, -0.2) is 31.7 Å². The van der Waals surface area contributed by atoms with Gasteiger partial charge in [0.2, 0.25) is 5.91 Å². The van der Waals surface area contributed by atoms with Crippen LogP contribution in [0.3, 0.4) is 0 Å². The van der Waals surface area contributed by atoms with E-state index in [4.69, 9.17) is 4.74 Å². The van der Waals surface area contributed by atoms with E-state index in [1.807, 2.05) is 18.2 Å². The predicted molar refractivity (Wildman–Crippen MR) is 84.0 cm³/mol. The van der Waals surface area contributed by atoms with Crippen LogP contribution >= 0.6 is 0 Å². The first kappa shape index (κ1) is 16.0. The van der Waals surface area contributed by atoms with Gasteiger partial charge in [0.25, 0.3) is 0 Å². The molecule has 0 unspecified atom stereocenters. The van der Waals surface area contributed by atoms with Gasteiger partial charge in [-0.25, -0.2) is 0 Å². The fraction of sp³-hybridized carbons (Fsp3) is 0.588. The van der Waals surface area contributed by atoms with Crippen LogP contribution in [0, 0.1) is 0 Å². The molecule has 0 radical (unpaired) electrons. The van der Waals surface area contributed by atoms with Crippen LogP contribution in [-0.2, 0) is 16.1 Å². The number of carbonyl (C=O) groups excluding carboxylic acids is 1. The smallest absolute Gasteiger partial charge is 0.246 e. The van der Waals surface area contributed by atoms with Crippen LogP contribution in [0.4, 0.5) is 0 Å². The number of benzene rings is 1. The summed E-state index contributed by atoms with van der Waals surface area (Å²) in [5.41, 5.74) is 1.29. The van der Waals surface area contributed by atoms with Crippen molar-refractivity contribution in [2.75, 3.05) is 19.8 Å². The van der Waals surface area contributed by atoms with E-state index >= 15 is 0 Å². The minimum Gasteiger partial charge on any atom is -0.372 e. The van der Waals surface area contributed by atoms with E-state index in [9.17, 15) is 4.79 Å². The molecule has 1 aliphatic rings. The highest BCUT2D eigenvalue weighted by molar-refractivity contribution is 5.77. The second-order valence-electron chi connectivity index (χ2n) is 5.62. The lowest BCUT2D eigenvalue weighted by atomic mass is 10.2. The van der Waals surface area contributed by atoms with Gasteiger partial charge in [0.1, 0.15) is 6.61 Å². The molecule has 1 aliphatic carbocycles. The van der Waals surface area contributed by atoms with Crippen molar-refractivity contribution in [2.24, 2.45) is 0 Å². The largest absolute Gasteiger partial charge is 0.372 e. The molecule has 0 spiro atoms. The first-order chi connectivity index (χ1) is 10.3. The van der Waals surface area contributed by atoms with Gasteiger partial charge >= 0.3 is 0 Å². The summed E-state index contributed by atoms with van der Waals surface area (Å²) in [6.45, 7) is 2.59. The minimum atomic E-state index is 0.0270. The molecule has 4 nitrogen and oxygen atoms in total. The maximum atomic E-state index is 11.6. The van der Waals surface area contributed by atoms with Crippen molar-refractivity contribution in [3.05, 3.63) is 35.9 Å². The molecule has 2 rings (SSSR count). The zero-order chi connectivity index (χ0) is 14.8. The van der Waals surface area contributed by atoms with E-state index in [0.717, 1.165) is 32.4 Å². The van der Waals surface area contributed by atoms with Crippen LogP contribution in [0.25, 0.3) is 0 Å². The molecule has 21 heavy (non-hydrogen) atoms. The number of hydrogen-bond donors (Lipinski definition) is 2. The van der Waals surface area contributed by atoms with Crippen LogP contribution in [0.15, 0.2) is 30.3 Å². The van der Waals surface area contributed by atoms with Crippen molar-refractivity contribution in [1.29, 1.82) is 0 Å². The molecule has 1 aromatic carbocycles. The topological polar surface area (TPSA) is 50.4 Å². The van der Waals surface area contributed by atoms with E-state index < -0.39 is 0 Å². The number of amides is 1. The molecule has 0 bridgehead atoms. The maximum Gasteiger partial charge on any atom is 0.246 e. The maximum absolute atomic E-state index is 11.6. The van der Waals surface area contributed by atoms with Gasteiger partial charge < -0.3 is 15.4 Å². The zero-order valence-electron chi connectivity index (χ0n) is 12.6. The molecular formula is C17H26N2O2.